The van der Waals surface area contributed by atoms with E-state index in [-0.39, 0.29) is 24.5 Å². The number of pyridine rings is 4. The van der Waals surface area contributed by atoms with E-state index in [1.54, 1.807) is 30.4 Å². The number of carbonyl (C=O) groups is 1. The number of aliphatic hydroxyl groups excluding tert-OH is 1. The fourth-order valence-electron chi connectivity index (χ4n) is 4.13. The summed E-state index contributed by atoms with van der Waals surface area (Å²) in [5.41, 5.74) is 3.58. The molecule has 4 heterocycles. The highest BCUT2D eigenvalue weighted by Crippen LogP contribution is 2.45. The third-order valence-electron chi connectivity index (χ3n) is 6.52. The van der Waals surface area contributed by atoms with Crippen molar-refractivity contribution in [2.75, 3.05) is 31.4 Å². The summed E-state index contributed by atoms with van der Waals surface area (Å²) in [5.74, 6) is 0.661. The summed E-state index contributed by atoms with van der Waals surface area (Å²) in [6.45, 7) is 1.28. The van der Waals surface area contributed by atoms with Crippen molar-refractivity contribution in [1.82, 2.24) is 25.3 Å². The minimum atomic E-state index is -0.193. The topological polar surface area (TPSA) is 104 Å². The van der Waals surface area contributed by atoms with Crippen LogP contribution in [0.5, 0.6) is 0 Å². The molecule has 184 valence electrons. The van der Waals surface area contributed by atoms with Gasteiger partial charge in [0.25, 0.3) is 5.91 Å². The number of anilines is 1. The average molecular weight is 501 g/mol. The molecule has 36 heavy (non-hydrogen) atoms. The quantitative estimate of drug-likeness (QED) is 0.333. The summed E-state index contributed by atoms with van der Waals surface area (Å²) in [5, 5.41) is 13.5. The van der Waals surface area contributed by atoms with Gasteiger partial charge in [-0.05, 0) is 55.5 Å². The maximum absolute atomic E-state index is 12.6. The lowest BCUT2D eigenvalue weighted by Gasteiger charge is -2.23. The van der Waals surface area contributed by atoms with Gasteiger partial charge in [-0.25, -0.2) is 9.97 Å². The Kier molecular flexibility index (Phi) is 6.84. The van der Waals surface area contributed by atoms with Gasteiger partial charge in [0.1, 0.15) is 5.82 Å². The molecular formula is C27H28N6O2S. The first-order valence-corrected chi connectivity index (χ1v) is 13.0. The molecule has 0 spiro atoms. The minimum absolute atomic E-state index is 0.0146. The fourth-order valence-corrected chi connectivity index (χ4v) is 4.54. The van der Waals surface area contributed by atoms with E-state index in [1.807, 2.05) is 55.8 Å². The van der Waals surface area contributed by atoms with Gasteiger partial charge in [0.2, 0.25) is 0 Å². The molecule has 0 atom stereocenters. The number of hydrogen-bond acceptors (Lipinski definition) is 8. The Labute approximate surface area is 214 Å². The number of nitrogens with zero attached hydrogens (tertiary/aromatic N) is 5. The standard InChI is InChI=1S/C27H28N6O2S/c1-33(16-27(17-34)8-9-27)25-5-3-4-22(32-25)23-7-6-18-13-29-20(11-24(18)31-23)14-30-26(35)19-10-21(36-2)15-28-12-19/h3-7,10-13,15,34H,8-9,14,16-17H2,1-2H3,(H,30,35). The maximum Gasteiger partial charge on any atom is 0.253 e. The number of thioether (sulfide) groups is 1. The van der Waals surface area contributed by atoms with Crippen LogP contribution in [-0.4, -0.2) is 57.4 Å². The second-order valence-electron chi connectivity index (χ2n) is 9.26. The molecule has 8 nitrogen and oxygen atoms in total. The molecule has 1 aliphatic carbocycles. The van der Waals surface area contributed by atoms with Crippen molar-refractivity contribution in [1.29, 1.82) is 0 Å². The third-order valence-corrected chi connectivity index (χ3v) is 7.22. The molecule has 1 amide bonds. The van der Waals surface area contributed by atoms with Crippen molar-refractivity contribution in [2.45, 2.75) is 24.3 Å². The third kappa shape index (κ3) is 5.32. The van der Waals surface area contributed by atoms with Gasteiger partial charge in [-0.3, -0.25) is 14.8 Å². The molecule has 0 bridgehead atoms. The summed E-state index contributed by atoms with van der Waals surface area (Å²) < 4.78 is 0. The maximum atomic E-state index is 12.6. The molecule has 1 fully saturated rings. The largest absolute Gasteiger partial charge is 0.396 e. The molecule has 4 aromatic heterocycles. The second kappa shape index (κ2) is 10.2. The summed E-state index contributed by atoms with van der Waals surface area (Å²) in [6.07, 6.45) is 9.12. The molecule has 5 rings (SSSR count). The minimum Gasteiger partial charge on any atom is -0.396 e. The zero-order valence-electron chi connectivity index (χ0n) is 20.3. The van der Waals surface area contributed by atoms with E-state index in [1.165, 1.54) is 0 Å². The monoisotopic (exact) mass is 500 g/mol. The van der Waals surface area contributed by atoms with Crippen LogP contribution in [0, 0.1) is 5.41 Å². The van der Waals surface area contributed by atoms with Crippen LogP contribution in [0.15, 0.2) is 66.0 Å². The summed E-state index contributed by atoms with van der Waals surface area (Å²) >= 11 is 1.54. The average Bonchev–Trinajstić information content (AvgIpc) is 3.71. The van der Waals surface area contributed by atoms with Gasteiger partial charge in [-0.1, -0.05) is 6.07 Å². The first kappa shape index (κ1) is 24.1. The number of fused-ring (bicyclic) bond motifs is 1. The molecule has 9 heteroatoms. The van der Waals surface area contributed by atoms with Crippen molar-refractivity contribution in [2.24, 2.45) is 5.41 Å². The lowest BCUT2D eigenvalue weighted by atomic mass is 10.1. The number of aliphatic hydroxyl groups is 1. The predicted octanol–water partition coefficient (Wildman–Crippen LogP) is 3.95. The summed E-state index contributed by atoms with van der Waals surface area (Å²) in [7, 11) is 2.01. The van der Waals surface area contributed by atoms with Crippen LogP contribution in [0.3, 0.4) is 0 Å². The van der Waals surface area contributed by atoms with E-state index in [4.69, 9.17) is 9.97 Å². The predicted molar refractivity (Wildman–Crippen MR) is 142 cm³/mol. The van der Waals surface area contributed by atoms with Gasteiger partial charge in [-0.15, -0.1) is 11.8 Å². The second-order valence-corrected chi connectivity index (χ2v) is 10.1. The zero-order valence-corrected chi connectivity index (χ0v) is 21.1. The zero-order chi connectivity index (χ0) is 25.1. The highest BCUT2D eigenvalue weighted by Gasteiger charge is 2.43. The van der Waals surface area contributed by atoms with E-state index in [0.29, 0.717) is 5.56 Å². The highest BCUT2D eigenvalue weighted by atomic mass is 32.2. The SMILES string of the molecule is CSc1cncc(C(=O)NCc2cc3nc(-c4cccc(N(C)CC5(CO)CC5)n4)ccc3cn2)c1. The van der Waals surface area contributed by atoms with Crippen molar-refractivity contribution >= 4 is 34.4 Å². The number of rotatable bonds is 9. The van der Waals surface area contributed by atoms with Crippen LogP contribution >= 0.6 is 11.8 Å². The highest BCUT2D eigenvalue weighted by molar-refractivity contribution is 7.98. The van der Waals surface area contributed by atoms with Crippen molar-refractivity contribution in [3.05, 3.63) is 72.3 Å². The number of nitrogens with one attached hydrogen (secondary N) is 1. The lowest BCUT2D eigenvalue weighted by Crippen LogP contribution is -2.29. The first-order chi connectivity index (χ1) is 17.5. The number of hydrogen-bond donors (Lipinski definition) is 2. The van der Waals surface area contributed by atoms with E-state index < -0.39 is 0 Å². The summed E-state index contributed by atoms with van der Waals surface area (Å²) in [6, 6.07) is 13.5. The molecule has 0 aliphatic heterocycles. The van der Waals surface area contributed by atoms with Gasteiger partial charge in [-0.2, -0.15) is 0 Å². The van der Waals surface area contributed by atoms with Gasteiger partial charge in [0, 0.05) is 47.9 Å². The molecule has 0 radical (unpaired) electrons. The normalized spacial score (nSPS) is 14.0. The van der Waals surface area contributed by atoms with Crippen LogP contribution in [-0.2, 0) is 6.54 Å². The number of amides is 1. The Bertz CT molecular complexity index is 1410. The number of carbonyl (C=O) groups excluding carboxylic acids is 1. The van der Waals surface area contributed by atoms with Gasteiger partial charge >= 0.3 is 0 Å². The Morgan fingerprint density at radius 2 is 1.94 bits per heavy atom. The van der Waals surface area contributed by atoms with Crippen molar-refractivity contribution in [3.63, 3.8) is 0 Å². The van der Waals surface area contributed by atoms with Crippen LogP contribution in [0.1, 0.15) is 28.9 Å². The Morgan fingerprint density at radius 3 is 2.72 bits per heavy atom. The molecule has 1 saturated carbocycles. The van der Waals surface area contributed by atoms with E-state index in [0.717, 1.165) is 58.1 Å². The lowest BCUT2D eigenvalue weighted by molar-refractivity contribution is 0.0950. The van der Waals surface area contributed by atoms with E-state index in [9.17, 15) is 9.90 Å². The van der Waals surface area contributed by atoms with E-state index >= 15 is 0 Å². The van der Waals surface area contributed by atoms with Gasteiger partial charge < -0.3 is 15.3 Å². The van der Waals surface area contributed by atoms with Gasteiger partial charge in [0.05, 0.1) is 41.3 Å². The smallest absolute Gasteiger partial charge is 0.253 e. The Hall–Kier alpha value is -3.56. The van der Waals surface area contributed by atoms with Crippen LogP contribution in [0.4, 0.5) is 5.82 Å². The molecule has 1 aliphatic rings. The fraction of sp³-hybridized carbons (Fsp3) is 0.296. The molecule has 4 aromatic rings. The molecule has 0 saturated heterocycles. The number of aromatic nitrogens is 4. The van der Waals surface area contributed by atoms with Gasteiger partial charge in [0.15, 0.2) is 0 Å². The summed E-state index contributed by atoms with van der Waals surface area (Å²) in [4.78, 5) is 33.9. The van der Waals surface area contributed by atoms with Crippen LogP contribution in [0.2, 0.25) is 0 Å². The van der Waals surface area contributed by atoms with E-state index in [2.05, 4.69) is 20.2 Å². The van der Waals surface area contributed by atoms with Crippen molar-refractivity contribution in [3.8, 4) is 11.4 Å². The molecule has 0 aromatic carbocycles. The van der Waals surface area contributed by atoms with Crippen molar-refractivity contribution < 1.29 is 9.90 Å². The molecule has 2 N–H and O–H groups in total. The molecule has 0 unspecified atom stereocenters. The first-order valence-electron chi connectivity index (χ1n) is 11.8. The Morgan fingerprint density at radius 1 is 1.11 bits per heavy atom. The molecular weight excluding hydrogens is 472 g/mol. The Balaban J connectivity index is 1.32. The van der Waals surface area contributed by atoms with Crippen LogP contribution in [0.25, 0.3) is 22.3 Å². The van der Waals surface area contributed by atoms with Crippen LogP contribution < -0.4 is 10.2 Å².